The summed E-state index contributed by atoms with van der Waals surface area (Å²) in [7, 11) is -1.13. The van der Waals surface area contributed by atoms with Crippen molar-refractivity contribution in [3.63, 3.8) is 0 Å². The van der Waals surface area contributed by atoms with Crippen molar-refractivity contribution in [3.8, 4) is 11.5 Å². The molecule has 8 nitrogen and oxygen atoms in total. The SMILES string of the molecule is COc1cc(C(=O)NCc2ccccn2)c(N(Cc2ccccc2F)S(C)(=O)=O)cc1OC. The lowest BCUT2D eigenvalue weighted by Crippen LogP contribution is -2.33. The molecular weight excluding hydrogens is 449 g/mol. The summed E-state index contributed by atoms with van der Waals surface area (Å²) in [6.07, 6.45) is 2.59. The van der Waals surface area contributed by atoms with E-state index < -0.39 is 21.7 Å². The molecule has 174 valence electrons. The number of sulfonamides is 1. The topological polar surface area (TPSA) is 97.8 Å². The molecule has 1 heterocycles. The second-order valence-electron chi connectivity index (χ2n) is 7.09. The molecule has 0 aliphatic rings. The molecule has 0 aliphatic heterocycles. The van der Waals surface area contributed by atoms with Gasteiger partial charge in [-0.3, -0.25) is 14.1 Å². The van der Waals surface area contributed by atoms with E-state index in [0.717, 1.165) is 10.6 Å². The van der Waals surface area contributed by atoms with E-state index in [-0.39, 0.29) is 41.4 Å². The van der Waals surface area contributed by atoms with Gasteiger partial charge in [0.15, 0.2) is 11.5 Å². The fourth-order valence-electron chi connectivity index (χ4n) is 3.19. The van der Waals surface area contributed by atoms with E-state index in [9.17, 15) is 17.6 Å². The van der Waals surface area contributed by atoms with Crippen LogP contribution in [0.5, 0.6) is 11.5 Å². The van der Waals surface area contributed by atoms with Gasteiger partial charge in [0.1, 0.15) is 5.82 Å². The lowest BCUT2D eigenvalue weighted by molar-refractivity contribution is 0.0950. The van der Waals surface area contributed by atoms with E-state index >= 15 is 0 Å². The molecule has 0 atom stereocenters. The number of nitrogens with one attached hydrogen (secondary N) is 1. The number of methoxy groups -OCH3 is 2. The predicted octanol–water partition coefficient (Wildman–Crippen LogP) is 3.13. The minimum absolute atomic E-state index is 0.0188. The second kappa shape index (κ2) is 10.3. The van der Waals surface area contributed by atoms with Gasteiger partial charge in [-0.05, 0) is 24.3 Å². The maximum absolute atomic E-state index is 14.3. The lowest BCUT2D eigenvalue weighted by atomic mass is 10.1. The number of benzene rings is 2. The molecule has 3 rings (SSSR count). The number of ether oxygens (including phenoxy) is 2. The van der Waals surface area contributed by atoms with Gasteiger partial charge in [-0.25, -0.2) is 12.8 Å². The Morgan fingerprint density at radius 2 is 1.73 bits per heavy atom. The van der Waals surface area contributed by atoms with Gasteiger partial charge in [-0.1, -0.05) is 24.3 Å². The van der Waals surface area contributed by atoms with E-state index in [1.165, 1.54) is 44.6 Å². The number of halogens is 1. The highest BCUT2D eigenvalue weighted by Crippen LogP contribution is 2.37. The van der Waals surface area contributed by atoms with Crippen LogP contribution in [0.25, 0.3) is 0 Å². The van der Waals surface area contributed by atoms with E-state index in [1.807, 2.05) is 0 Å². The molecule has 0 unspecified atom stereocenters. The lowest BCUT2D eigenvalue weighted by Gasteiger charge is -2.26. The first-order valence-corrected chi connectivity index (χ1v) is 11.7. The van der Waals surface area contributed by atoms with Gasteiger partial charge in [0.25, 0.3) is 5.91 Å². The van der Waals surface area contributed by atoms with Crippen LogP contribution in [0.1, 0.15) is 21.6 Å². The summed E-state index contributed by atoms with van der Waals surface area (Å²) in [4.78, 5) is 17.3. The quantitative estimate of drug-likeness (QED) is 0.513. The molecule has 1 amide bonds. The number of hydrogen-bond acceptors (Lipinski definition) is 6. The molecule has 0 radical (unpaired) electrons. The van der Waals surface area contributed by atoms with Crippen molar-refractivity contribution in [2.45, 2.75) is 13.1 Å². The van der Waals surface area contributed by atoms with Crippen LogP contribution in [0.4, 0.5) is 10.1 Å². The number of hydrogen-bond donors (Lipinski definition) is 1. The van der Waals surface area contributed by atoms with Crippen LogP contribution < -0.4 is 19.1 Å². The highest BCUT2D eigenvalue weighted by Gasteiger charge is 2.27. The van der Waals surface area contributed by atoms with Crippen LogP contribution in [-0.2, 0) is 23.1 Å². The number of carbonyl (C=O) groups is 1. The van der Waals surface area contributed by atoms with Crippen molar-refractivity contribution in [1.29, 1.82) is 0 Å². The Bertz CT molecular complexity index is 1240. The van der Waals surface area contributed by atoms with E-state index in [0.29, 0.717) is 5.69 Å². The third kappa shape index (κ3) is 5.78. The Balaban J connectivity index is 2.08. The first kappa shape index (κ1) is 24.0. The zero-order valence-corrected chi connectivity index (χ0v) is 19.2. The maximum atomic E-state index is 14.3. The van der Waals surface area contributed by atoms with Crippen molar-refractivity contribution in [3.05, 3.63) is 83.4 Å². The Hall–Kier alpha value is -3.66. The highest BCUT2D eigenvalue weighted by molar-refractivity contribution is 7.92. The van der Waals surface area contributed by atoms with Gasteiger partial charge in [-0.15, -0.1) is 0 Å². The molecule has 33 heavy (non-hydrogen) atoms. The zero-order valence-electron chi connectivity index (χ0n) is 18.4. The molecule has 0 saturated carbocycles. The van der Waals surface area contributed by atoms with Crippen LogP contribution in [-0.4, -0.2) is 39.8 Å². The van der Waals surface area contributed by atoms with Crippen LogP contribution in [0.2, 0.25) is 0 Å². The van der Waals surface area contributed by atoms with E-state index in [1.54, 1.807) is 30.5 Å². The van der Waals surface area contributed by atoms with Crippen molar-refractivity contribution in [2.75, 3.05) is 24.8 Å². The number of anilines is 1. The van der Waals surface area contributed by atoms with Crippen molar-refractivity contribution in [2.24, 2.45) is 0 Å². The molecule has 0 spiro atoms. The van der Waals surface area contributed by atoms with Crippen LogP contribution >= 0.6 is 0 Å². The molecule has 0 fully saturated rings. The smallest absolute Gasteiger partial charge is 0.253 e. The molecule has 0 saturated heterocycles. The van der Waals surface area contributed by atoms with Crippen LogP contribution in [0.3, 0.4) is 0 Å². The highest BCUT2D eigenvalue weighted by atomic mass is 32.2. The number of nitrogens with zero attached hydrogens (tertiary/aromatic N) is 2. The number of amides is 1. The summed E-state index contributed by atoms with van der Waals surface area (Å²) in [5.41, 5.74) is 0.819. The predicted molar refractivity (Wildman–Crippen MR) is 122 cm³/mol. The molecule has 2 aromatic carbocycles. The van der Waals surface area contributed by atoms with Gasteiger partial charge in [0.05, 0.1) is 50.5 Å². The van der Waals surface area contributed by atoms with E-state index in [2.05, 4.69) is 10.3 Å². The van der Waals surface area contributed by atoms with E-state index in [4.69, 9.17) is 9.47 Å². The third-order valence-corrected chi connectivity index (χ3v) is 5.97. The Labute approximate surface area is 192 Å². The first-order valence-electron chi connectivity index (χ1n) is 9.90. The number of carbonyl (C=O) groups excluding carboxylic acids is 1. The standard InChI is InChI=1S/C23H24FN3O5S/c1-31-21-12-18(23(28)26-14-17-9-6-7-11-25-17)20(13-22(21)32-2)27(33(3,29)30)15-16-8-4-5-10-19(16)24/h4-13H,14-15H2,1-3H3,(H,26,28). The Morgan fingerprint density at radius 1 is 1.06 bits per heavy atom. The second-order valence-corrected chi connectivity index (χ2v) is 9.00. The molecule has 1 N–H and O–H groups in total. The monoisotopic (exact) mass is 473 g/mol. The Kier molecular flexibility index (Phi) is 7.49. The molecule has 1 aromatic heterocycles. The maximum Gasteiger partial charge on any atom is 0.253 e. The normalized spacial score (nSPS) is 11.0. The fourth-order valence-corrected chi connectivity index (χ4v) is 4.07. The summed E-state index contributed by atoms with van der Waals surface area (Å²) in [5, 5.41) is 2.73. The minimum atomic E-state index is -3.92. The molecule has 0 bridgehead atoms. The summed E-state index contributed by atoms with van der Waals surface area (Å²) in [6.45, 7) is -0.193. The summed E-state index contributed by atoms with van der Waals surface area (Å²) >= 11 is 0. The first-order chi connectivity index (χ1) is 15.7. The minimum Gasteiger partial charge on any atom is -0.493 e. The van der Waals surface area contributed by atoms with Gasteiger partial charge in [0, 0.05) is 17.8 Å². The van der Waals surface area contributed by atoms with Crippen LogP contribution in [0, 0.1) is 5.82 Å². The summed E-state index contributed by atoms with van der Waals surface area (Å²) in [5.74, 6) is -0.661. The summed E-state index contributed by atoms with van der Waals surface area (Å²) in [6, 6.07) is 13.9. The van der Waals surface area contributed by atoms with Gasteiger partial charge in [0.2, 0.25) is 10.0 Å². The molecule has 0 aliphatic carbocycles. The largest absolute Gasteiger partial charge is 0.493 e. The average Bonchev–Trinajstić information content (AvgIpc) is 2.81. The van der Waals surface area contributed by atoms with Gasteiger partial charge >= 0.3 is 0 Å². The Morgan fingerprint density at radius 3 is 2.33 bits per heavy atom. The van der Waals surface area contributed by atoms with Crippen molar-refractivity contribution >= 4 is 21.6 Å². The molecular formula is C23H24FN3O5S. The third-order valence-electron chi connectivity index (χ3n) is 4.84. The number of pyridine rings is 1. The van der Waals surface area contributed by atoms with Crippen molar-refractivity contribution in [1.82, 2.24) is 10.3 Å². The average molecular weight is 474 g/mol. The molecule has 10 heteroatoms. The van der Waals surface area contributed by atoms with Crippen LogP contribution in [0.15, 0.2) is 60.8 Å². The zero-order chi connectivity index (χ0) is 24.0. The number of rotatable bonds is 9. The van der Waals surface area contributed by atoms with Gasteiger partial charge < -0.3 is 14.8 Å². The van der Waals surface area contributed by atoms with Crippen molar-refractivity contribution < 1.29 is 27.1 Å². The fraction of sp³-hybridized carbons (Fsp3) is 0.217. The molecule has 3 aromatic rings. The van der Waals surface area contributed by atoms with Gasteiger partial charge in [-0.2, -0.15) is 0 Å². The number of aromatic nitrogens is 1. The summed E-state index contributed by atoms with van der Waals surface area (Å²) < 4.78 is 51.4.